The SMILES string of the molecule is COc1ccc(CCC(O)C2Cc3ccccc32)cc1. The molecule has 1 aliphatic rings. The average Bonchev–Trinajstić information content (AvgIpc) is 2.47. The van der Waals surface area contributed by atoms with Gasteiger partial charge in [-0.3, -0.25) is 0 Å². The van der Waals surface area contributed by atoms with Crippen LogP contribution in [0.15, 0.2) is 48.5 Å². The van der Waals surface area contributed by atoms with Crippen molar-refractivity contribution < 1.29 is 9.84 Å². The molecule has 2 heteroatoms. The molecule has 0 saturated carbocycles. The summed E-state index contributed by atoms with van der Waals surface area (Å²) < 4.78 is 5.15. The zero-order valence-electron chi connectivity index (χ0n) is 11.8. The molecule has 0 spiro atoms. The molecule has 0 aliphatic heterocycles. The van der Waals surface area contributed by atoms with Gasteiger partial charge in [-0.2, -0.15) is 0 Å². The van der Waals surface area contributed by atoms with Crippen LogP contribution in [0.5, 0.6) is 5.75 Å². The van der Waals surface area contributed by atoms with Crippen molar-refractivity contribution >= 4 is 0 Å². The number of rotatable bonds is 5. The van der Waals surface area contributed by atoms with Crippen molar-refractivity contribution in [3.63, 3.8) is 0 Å². The first-order valence-corrected chi connectivity index (χ1v) is 7.16. The van der Waals surface area contributed by atoms with Crippen LogP contribution in [0.4, 0.5) is 0 Å². The maximum absolute atomic E-state index is 10.4. The molecule has 2 unspecified atom stereocenters. The van der Waals surface area contributed by atoms with Crippen LogP contribution in [0.1, 0.15) is 29.0 Å². The van der Waals surface area contributed by atoms with Crippen LogP contribution in [0, 0.1) is 0 Å². The fourth-order valence-electron chi connectivity index (χ4n) is 2.95. The summed E-state index contributed by atoms with van der Waals surface area (Å²) in [4.78, 5) is 0. The highest BCUT2D eigenvalue weighted by Gasteiger charge is 2.31. The van der Waals surface area contributed by atoms with Gasteiger partial charge < -0.3 is 9.84 Å². The van der Waals surface area contributed by atoms with Crippen LogP contribution in [0.2, 0.25) is 0 Å². The summed E-state index contributed by atoms with van der Waals surface area (Å²) in [5.41, 5.74) is 3.97. The highest BCUT2D eigenvalue weighted by atomic mass is 16.5. The minimum atomic E-state index is -0.244. The molecule has 104 valence electrons. The molecule has 2 nitrogen and oxygen atoms in total. The lowest BCUT2D eigenvalue weighted by molar-refractivity contribution is 0.124. The van der Waals surface area contributed by atoms with Crippen LogP contribution >= 0.6 is 0 Å². The molecular formula is C18H20O2. The fraction of sp³-hybridized carbons (Fsp3) is 0.333. The summed E-state index contributed by atoms with van der Waals surface area (Å²) in [7, 11) is 1.67. The first-order valence-electron chi connectivity index (χ1n) is 7.16. The van der Waals surface area contributed by atoms with Crippen molar-refractivity contribution in [1.29, 1.82) is 0 Å². The zero-order valence-corrected chi connectivity index (χ0v) is 11.8. The smallest absolute Gasteiger partial charge is 0.118 e. The van der Waals surface area contributed by atoms with Crippen LogP contribution in [-0.4, -0.2) is 18.3 Å². The summed E-state index contributed by atoms with van der Waals surface area (Å²) in [5, 5.41) is 10.4. The molecular weight excluding hydrogens is 248 g/mol. The third kappa shape index (κ3) is 2.56. The molecule has 0 amide bonds. The second-order valence-corrected chi connectivity index (χ2v) is 5.46. The van der Waals surface area contributed by atoms with E-state index in [1.807, 2.05) is 12.1 Å². The Balaban J connectivity index is 1.56. The monoisotopic (exact) mass is 268 g/mol. The summed E-state index contributed by atoms with van der Waals surface area (Å²) in [6.45, 7) is 0. The Morgan fingerprint density at radius 1 is 1.15 bits per heavy atom. The minimum Gasteiger partial charge on any atom is -0.497 e. The van der Waals surface area contributed by atoms with Crippen molar-refractivity contribution in [1.82, 2.24) is 0 Å². The molecule has 0 heterocycles. The Hall–Kier alpha value is -1.80. The summed E-state index contributed by atoms with van der Waals surface area (Å²) >= 11 is 0. The number of ether oxygens (including phenoxy) is 1. The molecule has 0 fully saturated rings. The molecule has 2 atom stereocenters. The van der Waals surface area contributed by atoms with Gasteiger partial charge in [-0.1, -0.05) is 36.4 Å². The van der Waals surface area contributed by atoms with E-state index in [-0.39, 0.29) is 6.10 Å². The van der Waals surface area contributed by atoms with Crippen molar-refractivity contribution in [2.24, 2.45) is 0 Å². The first-order chi connectivity index (χ1) is 9.78. The molecule has 0 saturated heterocycles. The number of benzene rings is 2. The summed E-state index contributed by atoms with van der Waals surface area (Å²) in [6.07, 6.45) is 2.49. The topological polar surface area (TPSA) is 29.5 Å². The van der Waals surface area contributed by atoms with Crippen LogP contribution in [0.25, 0.3) is 0 Å². The predicted molar refractivity (Wildman–Crippen MR) is 80.2 cm³/mol. The lowest BCUT2D eigenvalue weighted by atomic mass is 9.73. The van der Waals surface area contributed by atoms with Gasteiger partial charge in [0.15, 0.2) is 0 Å². The molecule has 0 bridgehead atoms. The van der Waals surface area contributed by atoms with E-state index < -0.39 is 0 Å². The molecule has 3 rings (SSSR count). The molecule has 0 radical (unpaired) electrons. The zero-order chi connectivity index (χ0) is 13.9. The lowest BCUT2D eigenvalue weighted by Crippen LogP contribution is -2.29. The van der Waals surface area contributed by atoms with Gasteiger partial charge >= 0.3 is 0 Å². The first kappa shape index (κ1) is 13.2. The number of hydrogen-bond donors (Lipinski definition) is 1. The highest BCUT2D eigenvalue weighted by Crippen LogP contribution is 2.38. The normalized spacial score (nSPS) is 18.0. The summed E-state index contributed by atoms with van der Waals surface area (Å²) in [6, 6.07) is 16.5. The van der Waals surface area contributed by atoms with E-state index in [1.165, 1.54) is 16.7 Å². The van der Waals surface area contributed by atoms with E-state index in [1.54, 1.807) is 7.11 Å². The van der Waals surface area contributed by atoms with Gasteiger partial charge in [0.1, 0.15) is 5.75 Å². The number of aryl methyl sites for hydroxylation is 1. The molecule has 2 aromatic carbocycles. The third-order valence-electron chi connectivity index (χ3n) is 4.25. The van der Waals surface area contributed by atoms with E-state index in [4.69, 9.17) is 4.74 Å². The number of hydrogen-bond acceptors (Lipinski definition) is 2. The Morgan fingerprint density at radius 2 is 1.90 bits per heavy atom. The van der Waals surface area contributed by atoms with Gasteiger partial charge in [0.25, 0.3) is 0 Å². The van der Waals surface area contributed by atoms with E-state index in [2.05, 4.69) is 36.4 Å². The molecule has 20 heavy (non-hydrogen) atoms. The van der Waals surface area contributed by atoms with Gasteiger partial charge in [0.2, 0.25) is 0 Å². The second-order valence-electron chi connectivity index (χ2n) is 5.46. The van der Waals surface area contributed by atoms with Crippen molar-refractivity contribution in [3.8, 4) is 5.75 Å². The van der Waals surface area contributed by atoms with Crippen molar-refractivity contribution in [2.45, 2.75) is 31.3 Å². The predicted octanol–water partition coefficient (Wildman–Crippen LogP) is 3.33. The Labute approximate surface area is 120 Å². The Bertz CT molecular complexity index is 574. The largest absolute Gasteiger partial charge is 0.497 e. The number of aliphatic hydroxyl groups excluding tert-OH is 1. The van der Waals surface area contributed by atoms with Gasteiger partial charge in [0, 0.05) is 5.92 Å². The maximum atomic E-state index is 10.4. The quantitative estimate of drug-likeness (QED) is 0.901. The van der Waals surface area contributed by atoms with Crippen LogP contribution < -0.4 is 4.74 Å². The Kier molecular flexibility index (Phi) is 3.75. The van der Waals surface area contributed by atoms with Crippen molar-refractivity contribution in [3.05, 3.63) is 65.2 Å². The minimum absolute atomic E-state index is 0.244. The molecule has 2 aromatic rings. The van der Waals surface area contributed by atoms with E-state index in [9.17, 15) is 5.11 Å². The highest BCUT2D eigenvalue weighted by molar-refractivity contribution is 5.40. The third-order valence-corrected chi connectivity index (χ3v) is 4.25. The van der Waals surface area contributed by atoms with Crippen molar-refractivity contribution in [2.75, 3.05) is 7.11 Å². The second kappa shape index (κ2) is 5.68. The van der Waals surface area contributed by atoms with E-state index in [0.29, 0.717) is 5.92 Å². The van der Waals surface area contributed by atoms with Gasteiger partial charge in [-0.25, -0.2) is 0 Å². The van der Waals surface area contributed by atoms with E-state index >= 15 is 0 Å². The number of methoxy groups -OCH3 is 1. The standard InChI is InChI=1S/C18H20O2/c1-20-15-9-6-13(7-10-15)8-11-18(19)17-12-14-4-2-3-5-16(14)17/h2-7,9-10,17-19H,8,11-12H2,1H3. The Morgan fingerprint density at radius 3 is 2.60 bits per heavy atom. The number of aliphatic hydroxyl groups is 1. The van der Waals surface area contributed by atoms with Gasteiger partial charge in [-0.15, -0.1) is 0 Å². The van der Waals surface area contributed by atoms with Crippen LogP contribution in [-0.2, 0) is 12.8 Å². The van der Waals surface area contributed by atoms with Gasteiger partial charge in [-0.05, 0) is 48.1 Å². The summed E-state index contributed by atoms with van der Waals surface area (Å²) in [5.74, 6) is 1.20. The molecule has 1 N–H and O–H groups in total. The maximum Gasteiger partial charge on any atom is 0.118 e. The number of fused-ring (bicyclic) bond motifs is 1. The lowest BCUT2D eigenvalue weighted by Gasteiger charge is -2.34. The van der Waals surface area contributed by atoms with Gasteiger partial charge in [0.05, 0.1) is 13.2 Å². The van der Waals surface area contributed by atoms with E-state index in [0.717, 1.165) is 25.0 Å². The van der Waals surface area contributed by atoms with Crippen LogP contribution in [0.3, 0.4) is 0 Å². The molecule has 1 aliphatic carbocycles. The fourth-order valence-corrected chi connectivity index (χ4v) is 2.95. The average molecular weight is 268 g/mol. The molecule has 0 aromatic heterocycles.